The molecule has 0 saturated carbocycles. The maximum Gasteiger partial charge on any atom is 0.236 e. The molecule has 0 radical (unpaired) electrons. The van der Waals surface area contributed by atoms with Crippen LogP contribution in [-0.4, -0.2) is 90.8 Å². The van der Waals surface area contributed by atoms with E-state index in [1.807, 2.05) is 18.7 Å². The SMILES string of the molecule is CCN(CC)C(=O)CN1CCN(CC(O)COC2CCCc3ccccc32)CC1. The maximum atomic E-state index is 12.3. The van der Waals surface area contributed by atoms with Gasteiger partial charge in [0, 0.05) is 45.8 Å². The fourth-order valence-electron chi connectivity index (χ4n) is 4.46. The second kappa shape index (κ2) is 11.1. The zero-order valence-electron chi connectivity index (χ0n) is 18.1. The summed E-state index contributed by atoms with van der Waals surface area (Å²) in [5.74, 6) is 0.213. The number of hydrogen-bond acceptors (Lipinski definition) is 5. The van der Waals surface area contributed by atoms with E-state index < -0.39 is 6.10 Å². The number of fused-ring (bicyclic) bond motifs is 1. The molecule has 0 spiro atoms. The molecule has 1 saturated heterocycles. The molecule has 1 fully saturated rings. The van der Waals surface area contributed by atoms with Gasteiger partial charge in [-0.25, -0.2) is 0 Å². The molecular formula is C23H37N3O3. The van der Waals surface area contributed by atoms with Crippen LogP contribution in [0.15, 0.2) is 24.3 Å². The van der Waals surface area contributed by atoms with Crippen molar-refractivity contribution in [2.45, 2.75) is 45.3 Å². The van der Waals surface area contributed by atoms with Crippen molar-refractivity contribution >= 4 is 5.91 Å². The number of carbonyl (C=O) groups excluding carboxylic acids is 1. The third kappa shape index (κ3) is 6.25. The lowest BCUT2D eigenvalue weighted by Gasteiger charge is -2.36. The Morgan fingerprint density at radius 3 is 2.59 bits per heavy atom. The molecule has 2 aliphatic rings. The van der Waals surface area contributed by atoms with Crippen molar-refractivity contribution in [2.24, 2.45) is 0 Å². The number of benzene rings is 1. The van der Waals surface area contributed by atoms with Crippen molar-refractivity contribution in [3.63, 3.8) is 0 Å². The van der Waals surface area contributed by atoms with Gasteiger partial charge in [-0.15, -0.1) is 0 Å². The van der Waals surface area contributed by atoms with Gasteiger partial charge in [-0.3, -0.25) is 14.6 Å². The first-order valence-corrected chi connectivity index (χ1v) is 11.2. The molecular weight excluding hydrogens is 366 g/mol. The van der Waals surface area contributed by atoms with Gasteiger partial charge < -0.3 is 14.7 Å². The monoisotopic (exact) mass is 403 g/mol. The number of likely N-dealkylation sites (N-methyl/N-ethyl adjacent to an activating group) is 1. The number of piperazine rings is 1. The Balaban J connectivity index is 1.37. The molecule has 29 heavy (non-hydrogen) atoms. The topological polar surface area (TPSA) is 56.3 Å². The Labute approximate surface area is 175 Å². The summed E-state index contributed by atoms with van der Waals surface area (Å²) in [7, 11) is 0. The van der Waals surface area contributed by atoms with Crippen molar-refractivity contribution in [3.8, 4) is 0 Å². The predicted molar refractivity (Wildman–Crippen MR) is 115 cm³/mol. The van der Waals surface area contributed by atoms with Crippen molar-refractivity contribution in [2.75, 3.05) is 59.0 Å². The first-order chi connectivity index (χ1) is 14.1. The smallest absolute Gasteiger partial charge is 0.236 e. The predicted octanol–water partition coefficient (Wildman–Crippen LogP) is 1.93. The van der Waals surface area contributed by atoms with Gasteiger partial charge in [0.2, 0.25) is 5.91 Å². The van der Waals surface area contributed by atoms with Crippen LogP contribution in [0.4, 0.5) is 0 Å². The van der Waals surface area contributed by atoms with Crippen molar-refractivity contribution in [1.29, 1.82) is 0 Å². The van der Waals surface area contributed by atoms with E-state index in [4.69, 9.17) is 4.74 Å². The zero-order valence-corrected chi connectivity index (χ0v) is 18.1. The lowest BCUT2D eigenvalue weighted by molar-refractivity contribution is -0.132. The van der Waals surface area contributed by atoms with E-state index in [-0.39, 0.29) is 12.0 Å². The maximum absolute atomic E-state index is 12.3. The molecule has 0 aromatic heterocycles. The summed E-state index contributed by atoms with van der Waals surface area (Å²) in [6, 6.07) is 8.50. The van der Waals surface area contributed by atoms with Gasteiger partial charge >= 0.3 is 0 Å². The zero-order chi connectivity index (χ0) is 20.6. The number of nitrogens with zero attached hydrogens (tertiary/aromatic N) is 3. The summed E-state index contributed by atoms with van der Waals surface area (Å²) in [6.07, 6.45) is 2.93. The lowest BCUT2D eigenvalue weighted by Crippen LogP contribution is -2.51. The number of aliphatic hydroxyl groups excluding tert-OH is 1. The number of aryl methyl sites for hydroxylation is 1. The molecule has 162 valence electrons. The van der Waals surface area contributed by atoms with Crippen molar-refractivity contribution in [1.82, 2.24) is 14.7 Å². The van der Waals surface area contributed by atoms with Crippen LogP contribution in [0.25, 0.3) is 0 Å². The summed E-state index contributed by atoms with van der Waals surface area (Å²) in [4.78, 5) is 18.7. The molecule has 3 rings (SSSR count). The molecule has 1 aliphatic carbocycles. The molecule has 1 amide bonds. The molecule has 1 N–H and O–H groups in total. The van der Waals surface area contributed by atoms with Crippen LogP contribution in [0.3, 0.4) is 0 Å². The fraction of sp³-hybridized carbons (Fsp3) is 0.696. The average molecular weight is 404 g/mol. The highest BCUT2D eigenvalue weighted by Crippen LogP contribution is 2.32. The highest BCUT2D eigenvalue weighted by Gasteiger charge is 2.24. The summed E-state index contributed by atoms with van der Waals surface area (Å²) in [6.45, 7) is 10.6. The first kappa shape index (κ1) is 22.2. The molecule has 1 aromatic carbocycles. The lowest BCUT2D eigenvalue weighted by atomic mass is 9.89. The van der Waals surface area contributed by atoms with E-state index >= 15 is 0 Å². The minimum atomic E-state index is -0.479. The van der Waals surface area contributed by atoms with Crippen LogP contribution in [-0.2, 0) is 16.0 Å². The summed E-state index contributed by atoms with van der Waals surface area (Å²) >= 11 is 0. The van der Waals surface area contributed by atoms with Gasteiger partial charge in [0.05, 0.1) is 25.4 Å². The van der Waals surface area contributed by atoms with Crippen LogP contribution in [0.1, 0.15) is 43.9 Å². The van der Waals surface area contributed by atoms with E-state index in [0.717, 1.165) is 58.5 Å². The van der Waals surface area contributed by atoms with Crippen molar-refractivity contribution < 1.29 is 14.6 Å². The minimum absolute atomic E-state index is 0.109. The number of aliphatic hydroxyl groups is 1. The average Bonchev–Trinajstić information content (AvgIpc) is 2.74. The van der Waals surface area contributed by atoms with Gasteiger partial charge in [-0.1, -0.05) is 24.3 Å². The third-order valence-corrected chi connectivity index (χ3v) is 6.21. The van der Waals surface area contributed by atoms with Crippen LogP contribution in [0.2, 0.25) is 0 Å². The fourth-order valence-corrected chi connectivity index (χ4v) is 4.46. The molecule has 0 bridgehead atoms. The normalized spacial score (nSPS) is 21.6. The number of β-amino-alcohol motifs (C(OH)–C–C–N with tert-alkyl or cyclic N) is 1. The van der Waals surface area contributed by atoms with E-state index in [2.05, 4.69) is 34.1 Å². The molecule has 6 nitrogen and oxygen atoms in total. The Hall–Kier alpha value is -1.47. The number of ether oxygens (including phenoxy) is 1. The van der Waals surface area contributed by atoms with Gasteiger partial charge in [0.1, 0.15) is 0 Å². The van der Waals surface area contributed by atoms with Gasteiger partial charge in [-0.2, -0.15) is 0 Å². The number of amides is 1. The standard InChI is InChI=1S/C23H37N3O3/c1-3-26(4-2)23(28)17-25-14-12-24(13-15-25)16-20(27)18-29-22-11-7-9-19-8-5-6-10-21(19)22/h5-6,8,10,20,22,27H,3-4,7,9,11-18H2,1-2H3. The third-order valence-electron chi connectivity index (χ3n) is 6.21. The molecule has 2 unspecified atom stereocenters. The first-order valence-electron chi connectivity index (χ1n) is 11.2. The van der Waals surface area contributed by atoms with E-state index in [1.165, 1.54) is 11.1 Å². The van der Waals surface area contributed by atoms with Crippen LogP contribution in [0, 0.1) is 0 Å². The molecule has 2 atom stereocenters. The number of hydrogen-bond donors (Lipinski definition) is 1. The number of carbonyl (C=O) groups is 1. The molecule has 1 aliphatic heterocycles. The van der Waals surface area contributed by atoms with Crippen LogP contribution >= 0.6 is 0 Å². The summed E-state index contributed by atoms with van der Waals surface area (Å²) in [5, 5.41) is 10.5. The highest BCUT2D eigenvalue weighted by molar-refractivity contribution is 5.78. The van der Waals surface area contributed by atoms with Crippen LogP contribution < -0.4 is 0 Å². The van der Waals surface area contributed by atoms with Crippen molar-refractivity contribution in [3.05, 3.63) is 35.4 Å². The molecule has 1 heterocycles. The summed E-state index contributed by atoms with van der Waals surface area (Å²) < 4.78 is 6.10. The number of rotatable bonds is 9. The Morgan fingerprint density at radius 2 is 1.86 bits per heavy atom. The summed E-state index contributed by atoms with van der Waals surface area (Å²) in [5.41, 5.74) is 2.67. The van der Waals surface area contributed by atoms with Gasteiger partial charge in [-0.05, 0) is 44.2 Å². The Kier molecular flexibility index (Phi) is 8.48. The van der Waals surface area contributed by atoms with Crippen LogP contribution in [0.5, 0.6) is 0 Å². The van der Waals surface area contributed by atoms with E-state index in [1.54, 1.807) is 0 Å². The molecule has 6 heteroatoms. The van der Waals surface area contributed by atoms with Gasteiger partial charge in [0.15, 0.2) is 0 Å². The minimum Gasteiger partial charge on any atom is -0.389 e. The second-order valence-electron chi connectivity index (χ2n) is 8.21. The Bertz CT molecular complexity index is 642. The quantitative estimate of drug-likeness (QED) is 0.683. The van der Waals surface area contributed by atoms with E-state index in [9.17, 15) is 9.90 Å². The van der Waals surface area contributed by atoms with E-state index in [0.29, 0.717) is 19.7 Å². The largest absolute Gasteiger partial charge is 0.389 e. The Morgan fingerprint density at radius 1 is 1.17 bits per heavy atom. The van der Waals surface area contributed by atoms with Gasteiger partial charge in [0.25, 0.3) is 0 Å². The molecule has 1 aromatic rings. The second-order valence-corrected chi connectivity index (χ2v) is 8.21. The highest BCUT2D eigenvalue weighted by atomic mass is 16.5.